The molecule has 0 atom stereocenters. The summed E-state index contributed by atoms with van der Waals surface area (Å²) in [6, 6.07) is 84.3. The lowest BCUT2D eigenvalue weighted by Gasteiger charge is -2.33. The minimum absolute atomic E-state index is 0.178. The van der Waals surface area contributed by atoms with E-state index in [1.165, 1.54) is 111 Å². The van der Waals surface area contributed by atoms with Crippen molar-refractivity contribution in [1.82, 2.24) is 0 Å². The van der Waals surface area contributed by atoms with Gasteiger partial charge >= 0.3 is 0 Å². The molecule has 0 unspecified atom stereocenters. The normalized spacial score (nSPS) is 14.4. The van der Waals surface area contributed by atoms with Gasteiger partial charge in [-0.15, -0.1) is 0 Å². The van der Waals surface area contributed by atoms with E-state index in [1.807, 2.05) is 60.7 Å². The second-order valence-corrected chi connectivity index (χ2v) is 22.7. The van der Waals surface area contributed by atoms with Crippen LogP contribution in [0.4, 0.5) is 0 Å². The molecule has 0 aromatic heterocycles. The first kappa shape index (κ1) is 50.2. The molecular formula is C75H66O4. The SMILES string of the molecule is CC1(C)c2cc(-c3ccccc3)ccc2-c2ccc(-c3ccc4c(c3)C(CCOCCOc3ccccc3)(CCOCCOc3ccccc3)c3cc(-c5ccc6c(c5)C(C)(C)c5cc(-c7ccccc7)ccc5-6)ccc3-4)cc21. The van der Waals surface area contributed by atoms with Gasteiger partial charge in [-0.25, -0.2) is 0 Å². The van der Waals surface area contributed by atoms with Gasteiger partial charge in [-0.05, 0) is 185 Å². The number of rotatable bonds is 18. The van der Waals surface area contributed by atoms with Crippen LogP contribution in [0.1, 0.15) is 73.9 Å². The van der Waals surface area contributed by atoms with Gasteiger partial charge in [0, 0.05) is 29.5 Å². The smallest absolute Gasteiger partial charge is 0.119 e. The van der Waals surface area contributed by atoms with Crippen molar-refractivity contribution in [2.45, 2.75) is 56.8 Å². The summed E-state index contributed by atoms with van der Waals surface area (Å²) in [7, 11) is 0. The van der Waals surface area contributed by atoms with E-state index in [9.17, 15) is 0 Å². The summed E-state index contributed by atoms with van der Waals surface area (Å²) < 4.78 is 25.4. The molecule has 0 saturated heterocycles. The predicted molar refractivity (Wildman–Crippen MR) is 324 cm³/mol. The highest BCUT2D eigenvalue weighted by Gasteiger charge is 2.44. The molecule has 390 valence electrons. The topological polar surface area (TPSA) is 36.9 Å². The Balaban J connectivity index is 0.868. The van der Waals surface area contributed by atoms with Gasteiger partial charge in [-0.1, -0.05) is 198 Å². The quantitative estimate of drug-likeness (QED) is 0.0803. The Bertz CT molecular complexity index is 3590. The first-order chi connectivity index (χ1) is 38.7. The first-order valence-electron chi connectivity index (χ1n) is 28.2. The van der Waals surface area contributed by atoms with Crippen LogP contribution in [-0.4, -0.2) is 39.6 Å². The zero-order valence-corrected chi connectivity index (χ0v) is 45.7. The molecule has 10 aromatic carbocycles. The molecule has 4 heteroatoms. The second-order valence-electron chi connectivity index (χ2n) is 22.7. The minimum Gasteiger partial charge on any atom is -0.491 e. The summed E-state index contributed by atoms with van der Waals surface area (Å²) in [5.41, 5.74) is 25.0. The average molecular weight is 1030 g/mol. The highest BCUT2D eigenvalue weighted by Crippen LogP contribution is 2.57. The van der Waals surface area contributed by atoms with Crippen molar-refractivity contribution < 1.29 is 18.9 Å². The van der Waals surface area contributed by atoms with Crippen molar-refractivity contribution >= 4 is 0 Å². The van der Waals surface area contributed by atoms with Gasteiger partial charge < -0.3 is 18.9 Å². The number of hydrogen-bond acceptors (Lipinski definition) is 4. The van der Waals surface area contributed by atoms with Crippen molar-refractivity contribution in [2.24, 2.45) is 0 Å². The highest BCUT2D eigenvalue weighted by molar-refractivity contribution is 5.90. The number of hydrogen-bond donors (Lipinski definition) is 0. The zero-order valence-electron chi connectivity index (χ0n) is 45.7. The van der Waals surface area contributed by atoms with Gasteiger partial charge in [0.2, 0.25) is 0 Å². The molecule has 0 radical (unpaired) electrons. The third-order valence-corrected chi connectivity index (χ3v) is 17.4. The van der Waals surface area contributed by atoms with E-state index in [1.54, 1.807) is 0 Å². The van der Waals surface area contributed by atoms with E-state index < -0.39 is 5.41 Å². The summed E-state index contributed by atoms with van der Waals surface area (Å²) in [6.07, 6.45) is 1.53. The molecule has 79 heavy (non-hydrogen) atoms. The van der Waals surface area contributed by atoms with Crippen LogP contribution in [-0.2, 0) is 25.7 Å². The molecule has 4 nitrogen and oxygen atoms in total. The fraction of sp³-hybridized carbons (Fsp3) is 0.200. The third kappa shape index (κ3) is 9.27. The van der Waals surface area contributed by atoms with Crippen LogP contribution in [0.15, 0.2) is 231 Å². The van der Waals surface area contributed by atoms with E-state index in [4.69, 9.17) is 18.9 Å². The van der Waals surface area contributed by atoms with Crippen LogP contribution in [0.2, 0.25) is 0 Å². The number of para-hydroxylation sites is 2. The van der Waals surface area contributed by atoms with Gasteiger partial charge in [0.1, 0.15) is 24.7 Å². The maximum Gasteiger partial charge on any atom is 0.119 e. The Hall–Kier alpha value is -8.28. The summed E-state index contributed by atoms with van der Waals surface area (Å²) in [4.78, 5) is 0. The molecule has 10 aromatic rings. The van der Waals surface area contributed by atoms with Gasteiger partial charge in [-0.2, -0.15) is 0 Å². The van der Waals surface area contributed by atoms with Gasteiger partial charge in [0.15, 0.2) is 0 Å². The Morgan fingerprint density at radius 3 is 0.835 bits per heavy atom. The van der Waals surface area contributed by atoms with Crippen molar-refractivity contribution in [3.8, 4) is 89.4 Å². The van der Waals surface area contributed by atoms with Crippen LogP contribution in [0.3, 0.4) is 0 Å². The van der Waals surface area contributed by atoms with Crippen LogP contribution < -0.4 is 9.47 Å². The summed E-state index contributed by atoms with van der Waals surface area (Å²) >= 11 is 0. The Morgan fingerprint density at radius 1 is 0.253 bits per heavy atom. The molecule has 0 aliphatic heterocycles. The third-order valence-electron chi connectivity index (χ3n) is 17.4. The van der Waals surface area contributed by atoms with Crippen molar-refractivity contribution in [3.05, 3.63) is 264 Å². The van der Waals surface area contributed by atoms with E-state index in [0.717, 1.165) is 24.3 Å². The van der Waals surface area contributed by atoms with E-state index in [0.29, 0.717) is 39.6 Å². The first-order valence-corrected chi connectivity index (χ1v) is 28.2. The summed E-state index contributed by atoms with van der Waals surface area (Å²) in [5, 5.41) is 0. The molecule has 0 fully saturated rings. The lowest BCUT2D eigenvalue weighted by atomic mass is 9.72. The zero-order chi connectivity index (χ0) is 53.6. The van der Waals surface area contributed by atoms with Crippen molar-refractivity contribution in [2.75, 3.05) is 39.6 Å². The Kier molecular flexibility index (Phi) is 13.2. The summed E-state index contributed by atoms with van der Waals surface area (Å²) in [5.74, 6) is 1.70. The Morgan fingerprint density at radius 2 is 0.519 bits per heavy atom. The molecule has 0 heterocycles. The van der Waals surface area contributed by atoms with Gasteiger partial charge in [0.05, 0.1) is 13.2 Å². The number of fused-ring (bicyclic) bond motifs is 9. The van der Waals surface area contributed by atoms with Gasteiger partial charge in [-0.3, -0.25) is 0 Å². The molecular weight excluding hydrogens is 965 g/mol. The molecule has 0 spiro atoms. The van der Waals surface area contributed by atoms with Crippen LogP contribution in [0, 0.1) is 0 Å². The average Bonchev–Trinajstić information content (AvgIpc) is 4.23. The maximum absolute atomic E-state index is 6.59. The van der Waals surface area contributed by atoms with Crippen LogP contribution in [0.5, 0.6) is 11.5 Å². The van der Waals surface area contributed by atoms with E-state index >= 15 is 0 Å². The molecule has 0 amide bonds. The molecule has 13 rings (SSSR count). The lowest BCUT2D eigenvalue weighted by molar-refractivity contribution is 0.0706. The van der Waals surface area contributed by atoms with E-state index in [-0.39, 0.29) is 10.8 Å². The van der Waals surface area contributed by atoms with Crippen molar-refractivity contribution in [3.63, 3.8) is 0 Å². The highest BCUT2D eigenvalue weighted by atomic mass is 16.5. The largest absolute Gasteiger partial charge is 0.491 e. The molecule has 0 bridgehead atoms. The maximum atomic E-state index is 6.59. The fourth-order valence-corrected chi connectivity index (χ4v) is 13.1. The Labute approximate surface area is 466 Å². The molecule has 0 saturated carbocycles. The monoisotopic (exact) mass is 1030 g/mol. The minimum atomic E-state index is -0.433. The predicted octanol–water partition coefficient (Wildman–Crippen LogP) is 18.2. The number of ether oxygens (including phenoxy) is 4. The van der Waals surface area contributed by atoms with Gasteiger partial charge in [0.25, 0.3) is 0 Å². The fourth-order valence-electron chi connectivity index (χ4n) is 13.1. The lowest BCUT2D eigenvalue weighted by Crippen LogP contribution is -2.30. The van der Waals surface area contributed by atoms with E-state index in [2.05, 4.69) is 198 Å². The summed E-state index contributed by atoms with van der Waals surface area (Å²) in [6.45, 7) is 12.6. The van der Waals surface area contributed by atoms with Crippen LogP contribution >= 0.6 is 0 Å². The molecule has 0 N–H and O–H groups in total. The van der Waals surface area contributed by atoms with Crippen molar-refractivity contribution in [1.29, 1.82) is 0 Å². The molecule has 3 aliphatic carbocycles. The second kappa shape index (κ2) is 20.8. The standard InChI is InChI=1S/C75H66O4/c1-73(2)67-45-53(51-17-9-5-10-18-51)25-31-61(67)63-33-27-55(47-69(63)73)57-29-35-65-66-36-30-58(56-28-34-64-62-32-26-54(52-19-11-6-12-20-52)46-68(62)74(3,4)70(64)48-56)50-72(66)75(71(65)49-57,37-39-76-41-43-78-59-21-13-7-14-22-59)38-40-77-42-44-79-60-23-15-8-16-24-60/h5-36,45-50H,37-44H2,1-4H3. The number of benzene rings is 10. The van der Waals surface area contributed by atoms with Crippen LogP contribution in [0.25, 0.3) is 77.9 Å². The molecule has 3 aliphatic rings.